The number of aryl methyl sites for hydroxylation is 2. The standard InChI is InChI=1S/C18H18N6S/c19-24-17(11-10-13-6-2-1-3-7-13)22-23-18(24)25-12-16-20-14-8-4-5-9-15(14)21-16/h1-9H,10-12,19H2,(H,20,21). The molecule has 0 saturated heterocycles. The largest absolute Gasteiger partial charge is 0.341 e. The first-order valence-corrected chi connectivity index (χ1v) is 9.08. The van der Waals surface area contributed by atoms with E-state index < -0.39 is 0 Å². The fourth-order valence-corrected chi connectivity index (χ4v) is 3.43. The number of nitrogen functional groups attached to an aromatic ring is 1. The lowest BCUT2D eigenvalue weighted by molar-refractivity contribution is 0.767. The van der Waals surface area contributed by atoms with Gasteiger partial charge in [-0.05, 0) is 24.1 Å². The van der Waals surface area contributed by atoms with Crippen molar-refractivity contribution in [2.45, 2.75) is 23.8 Å². The molecule has 0 bridgehead atoms. The summed E-state index contributed by atoms with van der Waals surface area (Å²) in [5.41, 5.74) is 3.27. The summed E-state index contributed by atoms with van der Waals surface area (Å²) in [4.78, 5) is 7.87. The molecule has 0 atom stereocenters. The molecular weight excluding hydrogens is 332 g/mol. The number of thioether (sulfide) groups is 1. The monoisotopic (exact) mass is 350 g/mol. The van der Waals surface area contributed by atoms with Crippen molar-refractivity contribution in [3.63, 3.8) is 0 Å². The average molecular weight is 350 g/mol. The van der Waals surface area contributed by atoms with E-state index in [1.165, 1.54) is 17.3 Å². The number of nitrogens with one attached hydrogen (secondary N) is 1. The predicted molar refractivity (Wildman–Crippen MR) is 99.7 cm³/mol. The molecular formula is C18H18N6S. The Balaban J connectivity index is 1.40. The zero-order valence-corrected chi connectivity index (χ0v) is 14.4. The molecule has 7 heteroatoms. The average Bonchev–Trinajstić information content (AvgIpc) is 3.22. The van der Waals surface area contributed by atoms with Crippen molar-refractivity contribution < 1.29 is 0 Å². The second-order valence-corrected chi connectivity index (χ2v) is 6.69. The Kier molecular flexibility index (Phi) is 4.39. The van der Waals surface area contributed by atoms with Gasteiger partial charge in [-0.2, -0.15) is 0 Å². The van der Waals surface area contributed by atoms with Gasteiger partial charge >= 0.3 is 0 Å². The number of fused-ring (bicyclic) bond motifs is 1. The number of nitrogens with two attached hydrogens (primary N) is 1. The molecule has 2 aromatic carbocycles. The second kappa shape index (κ2) is 6.98. The molecule has 2 aromatic heterocycles. The minimum atomic E-state index is 0.669. The molecule has 0 aliphatic heterocycles. The number of imidazole rings is 1. The van der Waals surface area contributed by atoms with Crippen LogP contribution in [0.4, 0.5) is 0 Å². The van der Waals surface area contributed by atoms with E-state index in [1.54, 1.807) is 4.68 Å². The van der Waals surface area contributed by atoms with Crippen molar-refractivity contribution in [3.8, 4) is 0 Å². The number of hydrogen-bond donors (Lipinski definition) is 2. The Morgan fingerprint density at radius 2 is 1.76 bits per heavy atom. The molecule has 0 unspecified atom stereocenters. The van der Waals surface area contributed by atoms with Crippen molar-refractivity contribution in [2.24, 2.45) is 0 Å². The highest BCUT2D eigenvalue weighted by atomic mass is 32.2. The highest BCUT2D eigenvalue weighted by Gasteiger charge is 2.11. The Morgan fingerprint density at radius 3 is 2.60 bits per heavy atom. The molecule has 0 saturated carbocycles. The van der Waals surface area contributed by atoms with Gasteiger partial charge in [0, 0.05) is 6.42 Å². The summed E-state index contributed by atoms with van der Waals surface area (Å²) in [5.74, 6) is 8.51. The van der Waals surface area contributed by atoms with E-state index in [9.17, 15) is 0 Å². The van der Waals surface area contributed by atoms with Gasteiger partial charge in [0.2, 0.25) is 5.16 Å². The molecule has 0 fully saturated rings. The van der Waals surface area contributed by atoms with Gasteiger partial charge in [0.1, 0.15) is 5.82 Å². The van der Waals surface area contributed by atoms with Crippen LogP contribution in [0.15, 0.2) is 59.8 Å². The number of aromatic amines is 1. The van der Waals surface area contributed by atoms with Crippen molar-refractivity contribution in [1.29, 1.82) is 0 Å². The first-order valence-electron chi connectivity index (χ1n) is 8.09. The lowest BCUT2D eigenvalue weighted by Crippen LogP contribution is -2.14. The van der Waals surface area contributed by atoms with Gasteiger partial charge < -0.3 is 10.8 Å². The van der Waals surface area contributed by atoms with E-state index in [1.807, 2.05) is 42.5 Å². The molecule has 2 heterocycles. The Morgan fingerprint density at radius 1 is 0.960 bits per heavy atom. The van der Waals surface area contributed by atoms with Crippen LogP contribution in [-0.2, 0) is 18.6 Å². The molecule has 0 amide bonds. The third-order valence-electron chi connectivity index (χ3n) is 3.99. The molecule has 4 rings (SSSR count). The van der Waals surface area contributed by atoms with Gasteiger partial charge in [-0.15, -0.1) is 10.2 Å². The summed E-state index contributed by atoms with van der Waals surface area (Å²) in [6.45, 7) is 0. The Hall–Kier alpha value is -2.80. The molecule has 0 radical (unpaired) electrons. The fraction of sp³-hybridized carbons (Fsp3) is 0.167. The maximum atomic E-state index is 6.15. The maximum absolute atomic E-state index is 6.15. The first kappa shape index (κ1) is 15.7. The van der Waals surface area contributed by atoms with E-state index in [-0.39, 0.29) is 0 Å². The van der Waals surface area contributed by atoms with E-state index in [4.69, 9.17) is 5.84 Å². The van der Waals surface area contributed by atoms with E-state index in [0.717, 1.165) is 35.5 Å². The van der Waals surface area contributed by atoms with Gasteiger partial charge in [0.25, 0.3) is 0 Å². The van der Waals surface area contributed by atoms with Crippen LogP contribution < -0.4 is 5.84 Å². The Labute approximate surface area is 149 Å². The topological polar surface area (TPSA) is 85.4 Å². The lowest BCUT2D eigenvalue weighted by atomic mass is 10.1. The lowest BCUT2D eigenvalue weighted by Gasteiger charge is -2.03. The third-order valence-corrected chi connectivity index (χ3v) is 4.95. The van der Waals surface area contributed by atoms with Crippen molar-refractivity contribution in [3.05, 3.63) is 71.8 Å². The summed E-state index contributed by atoms with van der Waals surface area (Å²) in [7, 11) is 0. The number of rotatable bonds is 6. The molecule has 0 spiro atoms. The van der Waals surface area contributed by atoms with Crippen LogP contribution in [0.5, 0.6) is 0 Å². The summed E-state index contributed by atoms with van der Waals surface area (Å²) < 4.78 is 1.58. The number of hydrogen-bond acceptors (Lipinski definition) is 5. The molecule has 3 N–H and O–H groups in total. The smallest absolute Gasteiger partial charge is 0.210 e. The number of H-pyrrole nitrogens is 1. The van der Waals surface area contributed by atoms with Crippen LogP contribution in [0.25, 0.3) is 11.0 Å². The number of para-hydroxylation sites is 2. The first-order chi connectivity index (χ1) is 12.3. The zero-order chi connectivity index (χ0) is 17.1. The van der Waals surface area contributed by atoms with E-state index in [2.05, 4.69) is 32.3 Å². The minimum absolute atomic E-state index is 0.669. The van der Waals surface area contributed by atoms with Crippen molar-refractivity contribution >= 4 is 22.8 Å². The maximum Gasteiger partial charge on any atom is 0.210 e. The summed E-state index contributed by atoms with van der Waals surface area (Å²) in [5, 5.41) is 9.13. The van der Waals surface area contributed by atoms with Crippen LogP contribution in [0, 0.1) is 0 Å². The SMILES string of the molecule is Nn1c(CCc2ccccc2)nnc1SCc1nc2ccccc2[nH]1. The normalized spacial score (nSPS) is 11.2. The van der Waals surface area contributed by atoms with Gasteiger partial charge in [0.15, 0.2) is 5.82 Å². The molecule has 0 aliphatic rings. The van der Waals surface area contributed by atoms with Crippen molar-refractivity contribution in [2.75, 3.05) is 5.84 Å². The number of aromatic nitrogens is 5. The highest BCUT2D eigenvalue weighted by Crippen LogP contribution is 2.21. The van der Waals surface area contributed by atoms with Gasteiger partial charge in [-0.3, -0.25) is 0 Å². The van der Waals surface area contributed by atoms with Crippen LogP contribution in [0.2, 0.25) is 0 Å². The Bertz CT molecular complexity index is 943. The van der Waals surface area contributed by atoms with E-state index in [0.29, 0.717) is 10.9 Å². The molecule has 4 aromatic rings. The van der Waals surface area contributed by atoms with Crippen LogP contribution in [-0.4, -0.2) is 24.8 Å². The van der Waals surface area contributed by atoms with Gasteiger partial charge in [0.05, 0.1) is 16.8 Å². The summed E-state index contributed by atoms with van der Waals surface area (Å²) >= 11 is 1.53. The quantitative estimate of drug-likeness (QED) is 0.412. The minimum Gasteiger partial charge on any atom is -0.341 e. The summed E-state index contributed by atoms with van der Waals surface area (Å²) in [6, 6.07) is 18.3. The number of nitrogens with zero attached hydrogens (tertiary/aromatic N) is 4. The van der Waals surface area contributed by atoms with Crippen LogP contribution in [0.3, 0.4) is 0 Å². The second-order valence-electron chi connectivity index (χ2n) is 5.74. The predicted octanol–water partition coefficient (Wildman–Crippen LogP) is 2.95. The van der Waals surface area contributed by atoms with Gasteiger partial charge in [-0.25, -0.2) is 9.66 Å². The third kappa shape index (κ3) is 3.51. The number of benzene rings is 2. The van der Waals surface area contributed by atoms with Gasteiger partial charge in [-0.1, -0.05) is 54.2 Å². The molecule has 25 heavy (non-hydrogen) atoms. The molecule has 126 valence electrons. The zero-order valence-electron chi connectivity index (χ0n) is 13.6. The van der Waals surface area contributed by atoms with Crippen LogP contribution >= 0.6 is 11.8 Å². The van der Waals surface area contributed by atoms with Crippen molar-refractivity contribution in [1.82, 2.24) is 24.8 Å². The molecule has 6 nitrogen and oxygen atoms in total. The molecule has 0 aliphatic carbocycles. The van der Waals surface area contributed by atoms with E-state index >= 15 is 0 Å². The highest BCUT2D eigenvalue weighted by molar-refractivity contribution is 7.98. The van der Waals surface area contributed by atoms with Crippen LogP contribution in [0.1, 0.15) is 17.2 Å². The summed E-state index contributed by atoms with van der Waals surface area (Å²) in [6.07, 6.45) is 1.66. The fourth-order valence-electron chi connectivity index (χ4n) is 2.68.